The molecule has 0 bridgehead atoms. The third kappa shape index (κ3) is 3.19. The van der Waals surface area contributed by atoms with Crippen molar-refractivity contribution in [1.82, 2.24) is 14.5 Å². The third-order valence-electron chi connectivity index (χ3n) is 4.90. The molecule has 0 spiro atoms. The molecule has 138 valence electrons. The fraction of sp³-hybridized carbons (Fsp3) is 0.421. The van der Waals surface area contributed by atoms with Gasteiger partial charge in [-0.15, -0.1) is 0 Å². The van der Waals surface area contributed by atoms with E-state index < -0.39 is 11.6 Å². The van der Waals surface area contributed by atoms with Crippen LogP contribution in [-0.2, 0) is 17.8 Å². The highest BCUT2D eigenvalue weighted by Crippen LogP contribution is 2.37. The second kappa shape index (κ2) is 7.45. The molecule has 1 aliphatic rings. The Balaban J connectivity index is 2.24. The van der Waals surface area contributed by atoms with Gasteiger partial charge in [0, 0.05) is 20.0 Å². The van der Waals surface area contributed by atoms with Crippen molar-refractivity contribution >= 4 is 18.1 Å². The summed E-state index contributed by atoms with van der Waals surface area (Å²) in [5, 5.41) is 10.9. The molecule has 1 unspecified atom stereocenters. The van der Waals surface area contributed by atoms with Crippen LogP contribution in [0.15, 0.2) is 29.1 Å². The van der Waals surface area contributed by atoms with E-state index >= 15 is 0 Å². The number of benzene rings is 1. The number of nitrogens with one attached hydrogen (secondary N) is 1. The third-order valence-corrected chi connectivity index (χ3v) is 5.23. The first-order valence-corrected chi connectivity index (χ1v) is 9.27. The molecule has 1 amide bonds. The maximum atomic E-state index is 12.7. The van der Waals surface area contributed by atoms with Crippen LogP contribution < -0.4 is 5.56 Å². The van der Waals surface area contributed by atoms with Crippen molar-refractivity contribution in [2.75, 3.05) is 6.54 Å². The highest BCUT2D eigenvalue weighted by molar-refractivity contribution is 7.71. The summed E-state index contributed by atoms with van der Waals surface area (Å²) in [6.07, 6.45) is 2.48. The minimum Gasteiger partial charge on any atom is -0.494 e. The van der Waals surface area contributed by atoms with Gasteiger partial charge in [-0.1, -0.05) is 37.6 Å². The number of aromatic hydroxyl groups is 1. The number of amides is 1. The summed E-state index contributed by atoms with van der Waals surface area (Å²) in [6, 6.07) is 7.11. The lowest BCUT2D eigenvalue weighted by Crippen LogP contribution is -2.41. The van der Waals surface area contributed by atoms with Crippen molar-refractivity contribution in [3.8, 4) is 5.88 Å². The zero-order chi connectivity index (χ0) is 18.8. The molecule has 2 N–H and O–H groups in total. The summed E-state index contributed by atoms with van der Waals surface area (Å²) >= 11 is 5.23. The van der Waals surface area contributed by atoms with E-state index in [1.54, 1.807) is 9.47 Å². The van der Waals surface area contributed by atoms with Gasteiger partial charge in [0.1, 0.15) is 5.56 Å². The van der Waals surface area contributed by atoms with Crippen LogP contribution in [-0.4, -0.2) is 32.0 Å². The van der Waals surface area contributed by atoms with Crippen LogP contribution in [0.3, 0.4) is 0 Å². The number of aromatic nitrogens is 2. The van der Waals surface area contributed by atoms with Crippen molar-refractivity contribution < 1.29 is 9.90 Å². The highest BCUT2D eigenvalue weighted by Gasteiger charge is 2.34. The summed E-state index contributed by atoms with van der Waals surface area (Å²) < 4.78 is 1.74. The van der Waals surface area contributed by atoms with E-state index in [2.05, 4.69) is 4.98 Å². The van der Waals surface area contributed by atoms with Crippen molar-refractivity contribution in [2.24, 2.45) is 0 Å². The first kappa shape index (κ1) is 18.4. The Morgan fingerprint density at radius 2 is 2.12 bits per heavy atom. The Kier molecular flexibility index (Phi) is 5.27. The summed E-state index contributed by atoms with van der Waals surface area (Å²) in [5.74, 6) is -0.286. The van der Waals surface area contributed by atoms with Crippen molar-refractivity contribution in [3.05, 3.63) is 56.1 Å². The van der Waals surface area contributed by atoms with Gasteiger partial charge in [0.2, 0.25) is 11.8 Å². The van der Waals surface area contributed by atoms with E-state index in [4.69, 9.17) is 12.2 Å². The van der Waals surface area contributed by atoms with Crippen LogP contribution in [0, 0.1) is 4.77 Å². The van der Waals surface area contributed by atoms with E-state index in [-0.39, 0.29) is 22.1 Å². The standard InChI is InChI=1S/C19H23N3O3S/c1-3-4-10-22-18(25)15(17(24)20-19(22)26)16-14-8-6-5-7-13(14)9-11-21(16)12(2)23/h5-8,16,25H,3-4,9-11H2,1-2H3,(H,20,24,26). The lowest BCUT2D eigenvalue weighted by molar-refractivity contribution is -0.130. The highest BCUT2D eigenvalue weighted by atomic mass is 32.1. The molecule has 0 radical (unpaired) electrons. The average Bonchev–Trinajstić information content (AvgIpc) is 2.61. The van der Waals surface area contributed by atoms with Crippen LogP contribution >= 0.6 is 12.2 Å². The van der Waals surface area contributed by atoms with Gasteiger partial charge < -0.3 is 10.0 Å². The molecule has 7 heteroatoms. The molecule has 2 aromatic rings. The lowest BCUT2D eigenvalue weighted by Gasteiger charge is -2.37. The van der Waals surface area contributed by atoms with E-state index in [9.17, 15) is 14.7 Å². The first-order valence-electron chi connectivity index (χ1n) is 8.86. The maximum absolute atomic E-state index is 12.7. The number of hydrogen-bond donors (Lipinski definition) is 2. The molecular formula is C19H23N3O3S. The molecule has 3 rings (SSSR count). The zero-order valence-electron chi connectivity index (χ0n) is 15.0. The minimum atomic E-state index is -0.621. The summed E-state index contributed by atoms with van der Waals surface area (Å²) in [4.78, 5) is 29.3. The predicted octanol–water partition coefficient (Wildman–Crippen LogP) is 2.91. The molecule has 0 aliphatic carbocycles. The summed E-state index contributed by atoms with van der Waals surface area (Å²) in [5.41, 5.74) is 1.68. The fourth-order valence-corrected chi connectivity index (χ4v) is 3.83. The van der Waals surface area contributed by atoms with Crippen molar-refractivity contribution in [1.29, 1.82) is 0 Å². The van der Waals surface area contributed by atoms with Crippen LogP contribution in [0.25, 0.3) is 0 Å². The molecule has 1 atom stereocenters. The fourth-order valence-electron chi connectivity index (χ4n) is 3.56. The summed E-state index contributed by atoms with van der Waals surface area (Å²) in [6.45, 7) is 4.54. The van der Waals surface area contributed by atoms with Crippen LogP contribution in [0.1, 0.15) is 49.4 Å². The van der Waals surface area contributed by atoms with Crippen LogP contribution in [0.2, 0.25) is 0 Å². The maximum Gasteiger partial charge on any atom is 0.261 e. The van der Waals surface area contributed by atoms with E-state index in [1.165, 1.54) is 6.92 Å². The molecule has 0 saturated heterocycles. The van der Waals surface area contributed by atoms with Gasteiger partial charge in [0.05, 0.1) is 6.04 Å². The van der Waals surface area contributed by atoms with Gasteiger partial charge >= 0.3 is 0 Å². The monoisotopic (exact) mass is 373 g/mol. The quantitative estimate of drug-likeness (QED) is 0.808. The van der Waals surface area contributed by atoms with Crippen LogP contribution in [0.5, 0.6) is 5.88 Å². The molecule has 0 saturated carbocycles. The van der Waals surface area contributed by atoms with Gasteiger partial charge in [-0.2, -0.15) is 0 Å². The Morgan fingerprint density at radius 3 is 2.81 bits per heavy atom. The Bertz CT molecular complexity index is 948. The van der Waals surface area contributed by atoms with Gasteiger partial charge in [-0.25, -0.2) is 0 Å². The van der Waals surface area contributed by atoms with Crippen molar-refractivity contribution in [3.63, 3.8) is 0 Å². The molecule has 1 aromatic carbocycles. The van der Waals surface area contributed by atoms with Gasteiger partial charge in [0.15, 0.2) is 4.77 Å². The number of unbranched alkanes of at least 4 members (excludes halogenated alkanes) is 1. The Hall–Kier alpha value is -2.41. The number of carbonyl (C=O) groups is 1. The number of fused-ring (bicyclic) bond motifs is 1. The molecule has 2 heterocycles. The molecule has 26 heavy (non-hydrogen) atoms. The normalized spacial score (nSPS) is 16.4. The second-order valence-corrected chi connectivity index (χ2v) is 6.95. The number of nitrogens with zero attached hydrogens (tertiary/aromatic N) is 2. The molecule has 0 fully saturated rings. The zero-order valence-corrected chi connectivity index (χ0v) is 15.8. The predicted molar refractivity (Wildman–Crippen MR) is 102 cm³/mol. The van der Waals surface area contributed by atoms with E-state index in [0.717, 1.165) is 30.4 Å². The SMILES string of the molecule is CCCCn1c(O)c(C2c3ccccc3CCN2C(C)=O)c(=O)[nH]c1=S. The smallest absolute Gasteiger partial charge is 0.261 e. The largest absolute Gasteiger partial charge is 0.494 e. The van der Waals surface area contributed by atoms with Crippen molar-refractivity contribution in [2.45, 2.75) is 45.7 Å². The van der Waals surface area contributed by atoms with Gasteiger partial charge in [-0.3, -0.25) is 19.1 Å². The number of carbonyl (C=O) groups excluding carboxylic acids is 1. The molecule has 1 aromatic heterocycles. The second-order valence-electron chi connectivity index (χ2n) is 6.57. The minimum absolute atomic E-state index is 0.133. The number of hydrogen-bond acceptors (Lipinski definition) is 4. The van der Waals surface area contributed by atoms with Gasteiger partial charge in [-0.05, 0) is 36.2 Å². The topological polar surface area (TPSA) is 78.3 Å². The number of H-pyrrole nitrogens is 1. The molecule has 1 aliphatic heterocycles. The van der Waals surface area contributed by atoms with Gasteiger partial charge in [0.25, 0.3) is 5.56 Å². The summed E-state index contributed by atoms with van der Waals surface area (Å²) in [7, 11) is 0. The Morgan fingerprint density at radius 1 is 1.38 bits per heavy atom. The van der Waals surface area contributed by atoms with E-state index in [1.807, 2.05) is 31.2 Å². The molecular weight excluding hydrogens is 350 g/mol. The first-order chi connectivity index (χ1) is 12.5. The lowest BCUT2D eigenvalue weighted by atomic mass is 9.89. The average molecular weight is 373 g/mol. The number of rotatable bonds is 4. The number of aromatic amines is 1. The Labute approximate surface area is 157 Å². The molecule has 6 nitrogen and oxygen atoms in total. The van der Waals surface area contributed by atoms with E-state index in [0.29, 0.717) is 13.1 Å². The van der Waals surface area contributed by atoms with Crippen LogP contribution in [0.4, 0.5) is 0 Å².